The first-order valence-corrected chi connectivity index (χ1v) is 7.06. The Bertz CT molecular complexity index is 327. The molecule has 0 aliphatic heterocycles. The predicted octanol–water partition coefficient (Wildman–Crippen LogP) is 2.35. The lowest BCUT2D eigenvalue weighted by atomic mass is 10.4. The summed E-state index contributed by atoms with van der Waals surface area (Å²) in [6.45, 7) is 7.89. The molecule has 2 N–H and O–H groups in total. The van der Waals surface area contributed by atoms with Crippen LogP contribution in [0.3, 0.4) is 0 Å². The summed E-state index contributed by atoms with van der Waals surface area (Å²) in [6.07, 6.45) is 2.30. The topological polar surface area (TPSA) is 66.0 Å². The third kappa shape index (κ3) is 4.55. The van der Waals surface area contributed by atoms with Crippen molar-refractivity contribution < 1.29 is 4.74 Å². The number of aromatic nitrogens is 3. The molecule has 0 aliphatic rings. The molecule has 1 aromatic heterocycles. The quantitative estimate of drug-likeness (QED) is 0.572. The second-order valence-corrected chi connectivity index (χ2v) is 5.18. The number of hydrogen-bond acceptors (Lipinski definition) is 5. The van der Waals surface area contributed by atoms with Crippen LogP contribution in [0.25, 0.3) is 0 Å². The van der Waals surface area contributed by atoms with Crippen molar-refractivity contribution in [1.82, 2.24) is 14.8 Å². The van der Waals surface area contributed by atoms with Gasteiger partial charge in [0.25, 0.3) is 0 Å². The second-order valence-electron chi connectivity index (χ2n) is 4.12. The first-order chi connectivity index (χ1) is 8.16. The molecule has 6 heteroatoms. The molecule has 5 nitrogen and oxygen atoms in total. The summed E-state index contributed by atoms with van der Waals surface area (Å²) in [5, 5.41) is 8.83. The summed E-state index contributed by atoms with van der Waals surface area (Å²) in [7, 11) is 0. The molecular formula is C11H22N4OS. The molecule has 0 saturated carbocycles. The number of nitrogens with two attached hydrogens (primary N) is 1. The highest BCUT2D eigenvalue weighted by Crippen LogP contribution is 2.22. The van der Waals surface area contributed by atoms with Crippen LogP contribution >= 0.6 is 11.8 Å². The Labute approximate surface area is 107 Å². The molecule has 0 bridgehead atoms. The zero-order valence-electron chi connectivity index (χ0n) is 10.8. The van der Waals surface area contributed by atoms with E-state index in [1.165, 1.54) is 6.42 Å². The van der Waals surface area contributed by atoms with Crippen molar-refractivity contribution in [2.45, 2.75) is 44.8 Å². The molecule has 1 aromatic rings. The van der Waals surface area contributed by atoms with Crippen LogP contribution < -0.4 is 5.73 Å². The van der Waals surface area contributed by atoms with E-state index in [1.807, 2.05) is 4.57 Å². The SMILES string of the molecule is CCCCOCCSc1nnc(N)n1C(C)C. The number of anilines is 1. The Morgan fingerprint density at radius 3 is 2.76 bits per heavy atom. The van der Waals surface area contributed by atoms with Gasteiger partial charge in [-0.25, -0.2) is 0 Å². The lowest BCUT2D eigenvalue weighted by molar-refractivity contribution is 0.147. The average Bonchev–Trinajstić information content (AvgIpc) is 2.65. The molecule has 0 amide bonds. The highest BCUT2D eigenvalue weighted by atomic mass is 32.2. The highest BCUT2D eigenvalue weighted by molar-refractivity contribution is 7.99. The maximum absolute atomic E-state index is 5.76. The number of thioether (sulfide) groups is 1. The summed E-state index contributed by atoms with van der Waals surface area (Å²) in [5.74, 6) is 1.36. The summed E-state index contributed by atoms with van der Waals surface area (Å²) in [5.41, 5.74) is 5.76. The molecule has 0 unspecified atom stereocenters. The predicted molar refractivity (Wildman–Crippen MR) is 71.3 cm³/mol. The molecule has 1 rings (SSSR count). The first kappa shape index (κ1) is 14.3. The fourth-order valence-corrected chi connectivity index (χ4v) is 2.34. The summed E-state index contributed by atoms with van der Waals surface area (Å²) >= 11 is 1.64. The molecule has 0 spiro atoms. The highest BCUT2D eigenvalue weighted by Gasteiger charge is 2.12. The Morgan fingerprint density at radius 1 is 1.35 bits per heavy atom. The zero-order chi connectivity index (χ0) is 12.7. The smallest absolute Gasteiger partial charge is 0.222 e. The van der Waals surface area contributed by atoms with Crippen LogP contribution in [0, 0.1) is 0 Å². The molecule has 0 aromatic carbocycles. The van der Waals surface area contributed by atoms with Crippen LogP contribution in [0.1, 0.15) is 39.7 Å². The van der Waals surface area contributed by atoms with Crippen molar-refractivity contribution in [2.75, 3.05) is 24.7 Å². The molecule has 98 valence electrons. The molecule has 0 atom stereocenters. The van der Waals surface area contributed by atoms with Crippen molar-refractivity contribution in [3.05, 3.63) is 0 Å². The van der Waals surface area contributed by atoms with Crippen molar-refractivity contribution in [3.63, 3.8) is 0 Å². The normalized spacial score (nSPS) is 11.3. The lowest BCUT2D eigenvalue weighted by Crippen LogP contribution is -2.08. The molecule has 0 saturated heterocycles. The fraction of sp³-hybridized carbons (Fsp3) is 0.818. The zero-order valence-corrected chi connectivity index (χ0v) is 11.7. The second kappa shape index (κ2) is 7.55. The Kier molecular flexibility index (Phi) is 6.36. The number of ether oxygens (including phenoxy) is 1. The third-order valence-corrected chi connectivity index (χ3v) is 3.22. The van der Waals surface area contributed by atoms with Gasteiger partial charge < -0.3 is 10.5 Å². The summed E-state index contributed by atoms with van der Waals surface area (Å²) < 4.78 is 7.43. The van der Waals surface area contributed by atoms with E-state index in [-0.39, 0.29) is 6.04 Å². The van der Waals surface area contributed by atoms with Gasteiger partial charge in [0.15, 0.2) is 5.16 Å². The van der Waals surface area contributed by atoms with E-state index >= 15 is 0 Å². The van der Waals surface area contributed by atoms with Crippen LogP contribution in [-0.4, -0.2) is 33.7 Å². The van der Waals surface area contributed by atoms with Gasteiger partial charge in [-0.1, -0.05) is 25.1 Å². The number of unbranched alkanes of at least 4 members (excludes halogenated alkanes) is 1. The van der Waals surface area contributed by atoms with Crippen molar-refractivity contribution in [1.29, 1.82) is 0 Å². The van der Waals surface area contributed by atoms with E-state index in [4.69, 9.17) is 10.5 Å². The summed E-state index contributed by atoms with van der Waals surface area (Å²) in [4.78, 5) is 0. The van der Waals surface area contributed by atoms with E-state index in [2.05, 4.69) is 31.0 Å². The van der Waals surface area contributed by atoms with Gasteiger partial charge in [-0.2, -0.15) is 0 Å². The number of nitrogens with zero attached hydrogens (tertiary/aromatic N) is 3. The van der Waals surface area contributed by atoms with Gasteiger partial charge in [-0.15, -0.1) is 10.2 Å². The number of hydrogen-bond donors (Lipinski definition) is 1. The van der Waals surface area contributed by atoms with Gasteiger partial charge in [0.2, 0.25) is 5.95 Å². The third-order valence-electron chi connectivity index (χ3n) is 2.31. The van der Waals surface area contributed by atoms with Crippen LogP contribution in [0.5, 0.6) is 0 Å². The van der Waals surface area contributed by atoms with Crippen LogP contribution in [0.4, 0.5) is 5.95 Å². The minimum Gasteiger partial charge on any atom is -0.381 e. The minimum atomic E-state index is 0.286. The van der Waals surface area contributed by atoms with Gasteiger partial charge in [0.1, 0.15) is 0 Å². The molecular weight excluding hydrogens is 236 g/mol. The van der Waals surface area contributed by atoms with Crippen LogP contribution in [-0.2, 0) is 4.74 Å². The molecule has 17 heavy (non-hydrogen) atoms. The molecule has 1 heterocycles. The lowest BCUT2D eigenvalue weighted by Gasteiger charge is -2.11. The Balaban J connectivity index is 2.32. The minimum absolute atomic E-state index is 0.286. The summed E-state index contributed by atoms with van der Waals surface area (Å²) in [6, 6.07) is 0.286. The van der Waals surface area contributed by atoms with E-state index in [1.54, 1.807) is 11.8 Å². The van der Waals surface area contributed by atoms with E-state index in [9.17, 15) is 0 Å². The number of nitrogen functional groups attached to an aromatic ring is 1. The monoisotopic (exact) mass is 258 g/mol. The van der Waals surface area contributed by atoms with E-state index < -0.39 is 0 Å². The Morgan fingerprint density at radius 2 is 2.12 bits per heavy atom. The average molecular weight is 258 g/mol. The van der Waals surface area contributed by atoms with Crippen molar-refractivity contribution >= 4 is 17.7 Å². The molecule has 0 radical (unpaired) electrons. The standard InChI is InChI=1S/C11H22N4OS/c1-4-5-6-16-7-8-17-11-14-13-10(12)15(11)9(2)3/h9H,4-8H2,1-3H3,(H2,12,13). The molecule has 0 aliphatic carbocycles. The van der Waals surface area contributed by atoms with Crippen LogP contribution in [0.15, 0.2) is 5.16 Å². The van der Waals surface area contributed by atoms with Crippen LogP contribution in [0.2, 0.25) is 0 Å². The first-order valence-electron chi connectivity index (χ1n) is 6.07. The van der Waals surface area contributed by atoms with Gasteiger partial charge in [0.05, 0.1) is 6.61 Å². The fourth-order valence-electron chi connectivity index (χ4n) is 1.41. The van der Waals surface area contributed by atoms with Gasteiger partial charge in [0, 0.05) is 18.4 Å². The van der Waals surface area contributed by atoms with Gasteiger partial charge in [-0.3, -0.25) is 4.57 Å². The molecule has 0 fully saturated rings. The van der Waals surface area contributed by atoms with Gasteiger partial charge in [-0.05, 0) is 20.3 Å². The maximum Gasteiger partial charge on any atom is 0.222 e. The maximum atomic E-state index is 5.76. The van der Waals surface area contributed by atoms with Crippen molar-refractivity contribution in [2.24, 2.45) is 0 Å². The number of rotatable bonds is 8. The van der Waals surface area contributed by atoms with E-state index in [0.29, 0.717) is 5.95 Å². The Hall–Kier alpha value is -0.750. The largest absolute Gasteiger partial charge is 0.381 e. The van der Waals surface area contributed by atoms with Gasteiger partial charge >= 0.3 is 0 Å². The van der Waals surface area contributed by atoms with Crippen molar-refractivity contribution in [3.8, 4) is 0 Å². The van der Waals surface area contributed by atoms with E-state index in [0.717, 1.165) is 30.5 Å².